The first-order valence-corrected chi connectivity index (χ1v) is 7.28. The van der Waals surface area contributed by atoms with Crippen LogP contribution in [0.15, 0.2) is 26.1 Å². The quantitative estimate of drug-likeness (QED) is 0.758. The molecule has 1 heterocycles. The first-order chi connectivity index (χ1) is 9.85. The average molecular weight is 420 g/mol. The summed E-state index contributed by atoms with van der Waals surface area (Å²) in [7, 11) is 1.21. The molecule has 1 N–H and O–H groups in total. The maximum Gasteiger partial charge on any atom is 0.337 e. The Morgan fingerprint density at radius 1 is 1.33 bits per heavy atom. The first kappa shape index (κ1) is 15.8. The molecule has 5 nitrogen and oxygen atoms in total. The molecule has 0 fully saturated rings. The third-order valence-electron chi connectivity index (χ3n) is 2.86. The number of ether oxygens (including phenoxy) is 1. The Morgan fingerprint density at radius 2 is 2.00 bits per heavy atom. The summed E-state index contributed by atoms with van der Waals surface area (Å²) >= 11 is 6.21. The Balaban J connectivity index is 2.74. The number of rotatable bonds is 2. The van der Waals surface area contributed by atoms with E-state index in [1.54, 1.807) is 6.92 Å². The molecule has 0 atom stereocenters. The van der Waals surface area contributed by atoms with Gasteiger partial charge < -0.3 is 9.72 Å². The molecule has 0 saturated carbocycles. The van der Waals surface area contributed by atoms with E-state index in [4.69, 9.17) is 0 Å². The number of hydrogen-bond donors (Lipinski definition) is 1. The van der Waals surface area contributed by atoms with E-state index >= 15 is 0 Å². The number of halogens is 3. The summed E-state index contributed by atoms with van der Waals surface area (Å²) in [5.41, 5.74) is 0.496. The molecule has 110 valence electrons. The number of carbonyl (C=O) groups excluding carboxylic acids is 1. The van der Waals surface area contributed by atoms with Gasteiger partial charge in [0, 0.05) is 5.56 Å². The largest absolute Gasteiger partial charge is 0.465 e. The summed E-state index contributed by atoms with van der Waals surface area (Å²) in [5.74, 6) is -1.25. The van der Waals surface area contributed by atoms with Gasteiger partial charge in [0.15, 0.2) is 4.60 Å². The molecule has 0 amide bonds. The number of nitrogens with zero attached hydrogens (tertiary/aromatic N) is 1. The monoisotopic (exact) mass is 418 g/mol. The zero-order valence-corrected chi connectivity index (χ0v) is 14.1. The van der Waals surface area contributed by atoms with Crippen LogP contribution >= 0.6 is 31.9 Å². The molecule has 21 heavy (non-hydrogen) atoms. The summed E-state index contributed by atoms with van der Waals surface area (Å²) in [6.07, 6.45) is 0. The highest BCUT2D eigenvalue weighted by atomic mass is 79.9. The van der Waals surface area contributed by atoms with Crippen LogP contribution in [0.2, 0.25) is 0 Å². The molecule has 0 bridgehead atoms. The fraction of sp³-hybridized carbons (Fsp3) is 0.154. The standard InChI is InChI=1S/C13H9Br2FN2O3/c1-5-7(3-6(4-8(5)16)13(20)21-2)9-10(14)18-11(15)12(19)17-9/h3-4H,1-2H3,(H,17,19). The van der Waals surface area contributed by atoms with Crippen LogP contribution in [0, 0.1) is 12.7 Å². The van der Waals surface area contributed by atoms with E-state index in [2.05, 4.69) is 46.6 Å². The zero-order valence-electron chi connectivity index (χ0n) is 11.0. The second-order valence-electron chi connectivity index (χ2n) is 4.14. The van der Waals surface area contributed by atoms with Gasteiger partial charge in [0.1, 0.15) is 10.4 Å². The third-order valence-corrected chi connectivity index (χ3v) is 3.97. The second kappa shape index (κ2) is 6.07. The molecule has 1 aromatic heterocycles. The fourth-order valence-corrected chi connectivity index (χ4v) is 2.77. The highest BCUT2D eigenvalue weighted by Crippen LogP contribution is 2.30. The van der Waals surface area contributed by atoms with Crippen molar-refractivity contribution in [2.75, 3.05) is 7.11 Å². The predicted octanol–water partition coefficient (Wildman–Crippen LogP) is 3.20. The number of hydrogen-bond acceptors (Lipinski definition) is 4. The van der Waals surface area contributed by atoms with Gasteiger partial charge in [-0.3, -0.25) is 4.79 Å². The van der Waals surface area contributed by atoms with Crippen molar-refractivity contribution in [2.45, 2.75) is 6.92 Å². The number of H-pyrrole nitrogens is 1. The first-order valence-electron chi connectivity index (χ1n) is 5.69. The zero-order chi connectivity index (χ0) is 15.7. The topological polar surface area (TPSA) is 72.1 Å². The normalized spacial score (nSPS) is 10.5. The lowest BCUT2D eigenvalue weighted by atomic mass is 10.0. The number of aromatic amines is 1. The van der Waals surface area contributed by atoms with Crippen LogP contribution in [0.4, 0.5) is 4.39 Å². The third kappa shape index (κ3) is 3.06. The van der Waals surface area contributed by atoms with Crippen LogP contribution in [-0.2, 0) is 4.74 Å². The van der Waals surface area contributed by atoms with E-state index in [1.165, 1.54) is 13.2 Å². The van der Waals surface area contributed by atoms with Gasteiger partial charge in [-0.1, -0.05) is 0 Å². The maximum atomic E-state index is 14.0. The molecule has 0 saturated heterocycles. The van der Waals surface area contributed by atoms with Gasteiger partial charge in [-0.25, -0.2) is 14.2 Å². The molecule has 2 rings (SSSR count). The van der Waals surface area contributed by atoms with Crippen LogP contribution in [0.1, 0.15) is 15.9 Å². The van der Waals surface area contributed by atoms with Crippen LogP contribution in [0.25, 0.3) is 11.3 Å². The van der Waals surface area contributed by atoms with Crippen LogP contribution < -0.4 is 5.56 Å². The fourth-order valence-electron chi connectivity index (χ4n) is 1.76. The molecular weight excluding hydrogens is 411 g/mol. The molecule has 1 aromatic carbocycles. The number of esters is 1. The van der Waals surface area contributed by atoms with E-state index in [0.717, 1.165) is 6.07 Å². The van der Waals surface area contributed by atoms with E-state index in [0.29, 0.717) is 10.2 Å². The summed E-state index contributed by atoms with van der Waals surface area (Å²) in [5, 5.41) is 0. The molecule has 8 heteroatoms. The van der Waals surface area contributed by atoms with Crippen LogP contribution in [0.3, 0.4) is 0 Å². The molecule has 0 radical (unpaired) electrons. The Labute approximate surface area is 135 Å². The molecule has 0 aliphatic carbocycles. The van der Waals surface area contributed by atoms with Crippen molar-refractivity contribution in [3.8, 4) is 11.3 Å². The van der Waals surface area contributed by atoms with Crippen molar-refractivity contribution in [1.29, 1.82) is 0 Å². The van der Waals surface area contributed by atoms with Gasteiger partial charge in [0.2, 0.25) is 0 Å². The Hall–Kier alpha value is -1.54. The number of aromatic nitrogens is 2. The minimum absolute atomic E-state index is 0.0475. The van der Waals surface area contributed by atoms with Gasteiger partial charge in [-0.2, -0.15) is 0 Å². The lowest BCUT2D eigenvalue weighted by molar-refractivity contribution is 0.0600. The lowest BCUT2D eigenvalue weighted by Gasteiger charge is -2.11. The van der Waals surface area contributed by atoms with Gasteiger partial charge in [0.25, 0.3) is 5.56 Å². The molecule has 0 unspecified atom stereocenters. The van der Waals surface area contributed by atoms with Crippen molar-refractivity contribution in [3.05, 3.63) is 48.6 Å². The van der Waals surface area contributed by atoms with E-state index in [1.807, 2.05) is 0 Å². The Kier molecular flexibility index (Phi) is 4.58. The van der Waals surface area contributed by atoms with Crippen molar-refractivity contribution in [1.82, 2.24) is 9.97 Å². The molecule has 2 aromatic rings. The van der Waals surface area contributed by atoms with Gasteiger partial charge in [0.05, 0.1) is 18.4 Å². The number of carbonyl (C=O) groups is 1. The van der Waals surface area contributed by atoms with Crippen molar-refractivity contribution in [2.24, 2.45) is 0 Å². The number of nitrogens with one attached hydrogen (secondary N) is 1. The molecular formula is C13H9Br2FN2O3. The second-order valence-corrected chi connectivity index (χ2v) is 5.65. The number of methoxy groups -OCH3 is 1. The highest BCUT2D eigenvalue weighted by Gasteiger charge is 2.17. The van der Waals surface area contributed by atoms with Crippen LogP contribution in [0.5, 0.6) is 0 Å². The molecule has 0 spiro atoms. The smallest absolute Gasteiger partial charge is 0.337 e. The van der Waals surface area contributed by atoms with E-state index < -0.39 is 17.3 Å². The Morgan fingerprint density at radius 3 is 2.62 bits per heavy atom. The minimum Gasteiger partial charge on any atom is -0.465 e. The summed E-state index contributed by atoms with van der Waals surface area (Å²) in [6.45, 7) is 1.54. The minimum atomic E-state index is -0.668. The van der Waals surface area contributed by atoms with Gasteiger partial charge in [-0.05, 0) is 56.5 Å². The Bertz CT molecular complexity index is 790. The van der Waals surface area contributed by atoms with E-state index in [-0.39, 0.29) is 21.4 Å². The molecule has 0 aliphatic rings. The average Bonchev–Trinajstić information content (AvgIpc) is 2.45. The summed E-state index contributed by atoms with van der Waals surface area (Å²) < 4.78 is 19.0. The van der Waals surface area contributed by atoms with Crippen LogP contribution in [-0.4, -0.2) is 23.0 Å². The SMILES string of the molecule is COC(=O)c1cc(F)c(C)c(-c2[nH]c(=O)c(Br)nc2Br)c1. The van der Waals surface area contributed by atoms with Gasteiger partial charge >= 0.3 is 5.97 Å². The van der Waals surface area contributed by atoms with Crippen molar-refractivity contribution in [3.63, 3.8) is 0 Å². The summed E-state index contributed by atoms with van der Waals surface area (Å²) in [4.78, 5) is 29.8. The maximum absolute atomic E-state index is 14.0. The molecule has 0 aliphatic heterocycles. The van der Waals surface area contributed by atoms with Crippen molar-refractivity contribution < 1.29 is 13.9 Å². The summed E-state index contributed by atoms with van der Waals surface area (Å²) in [6, 6.07) is 2.53. The van der Waals surface area contributed by atoms with E-state index in [9.17, 15) is 14.0 Å². The van der Waals surface area contributed by atoms with Gasteiger partial charge in [-0.15, -0.1) is 0 Å². The van der Waals surface area contributed by atoms with Crippen molar-refractivity contribution >= 4 is 37.8 Å². The number of benzene rings is 1. The highest BCUT2D eigenvalue weighted by molar-refractivity contribution is 9.11. The predicted molar refractivity (Wildman–Crippen MR) is 81.7 cm³/mol. The lowest BCUT2D eigenvalue weighted by Crippen LogP contribution is -2.12.